The van der Waals surface area contributed by atoms with Gasteiger partial charge in [-0.1, -0.05) is 69.7 Å². The lowest BCUT2D eigenvalue weighted by atomic mass is 9.77. The molecule has 4 bridgehead atoms. The van der Waals surface area contributed by atoms with Gasteiger partial charge in [0.2, 0.25) is 0 Å². The summed E-state index contributed by atoms with van der Waals surface area (Å²) in [5.41, 5.74) is 6.54. The van der Waals surface area contributed by atoms with E-state index >= 15 is 0 Å². The monoisotopic (exact) mass is 451 g/mol. The Morgan fingerprint density at radius 3 is 2.59 bits per heavy atom. The van der Waals surface area contributed by atoms with Crippen LogP contribution in [0.25, 0.3) is 17.0 Å². The maximum atomic E-state index is 6.54. The highest BCUT2D eigenvalue weighted by molar-refractivity contribution is 6.33. The van der Waals surface area contributed by atoms with E-state index in [4.69, 9.17) is 20.8 Å². The Hall–Kier alpha value is -2.13. The number of allylic oxidation sites excluding steroid dienone is 6. The maximum Gasteiger partial charge on any atom is 0.173 e. The molecular weight excluding hydrogens is 418 g/mol. The van der Waals surface area contributed by atoms with Gasteiger partial charge >= 0.3 is 0 Å². The van der Waals surface area contributed by atoms with Gasteiger partial charge in [-0.25, -0.2) is 0 Å². The van der Waals surface area contributed by atoms with E-state index in [0.29, 0.717) is 22.8 Å². The van der Waals surface area contributed by atoms with Crippen LogP contribution in [0.15, 0.2) is 51.6 Å². The van der Waals surface area contributed by atoms with E-state index in [1.54, 1.807) is 7.11 Å². The summed E-state index contributed by atoms with van der Waals surface area (Å²) in [4.78, 5) is 3.21. The van der Waals surface area contributed by atoms with Crippen molar-refractivity contribution in [1.29, 1.82) is 0 Å². The van der Waals surface area contributed by atoms with Gasteiger partial charge in [-0.05, 0) is 59.8 Å². The van der Waals surface area contributed by atoms with Crippen LogP contribution in [0.3, 0.4) is 0 Å². The fraction of sp³-hybridized carbons (Fsp3) is 0.500. The Kier molecular flexibility index (Phi) is 6.11. The zero-order valence-corrected chi connectivity index (χ0v) is 20.2. The molecule has 170 valence electrons. The second-order valence-electron chi connectivity index (χ2n) is 9.89. The minimum atomic E-state index is 0.460. The van der Waals surface area contributed by atoms with Crippen molar-refractivity contribution in [1.82, 2.24) is 4.98 Å². The lowest BCUT2D eigenvalue weighted by Gasteiger charge is -2.27. The summed E-state index contributed by atoms with van der Waals surface area (Å²) < 4.78 is 12.4. The Labute approximate surface area is 196 Å². The maximum absolute atomic E-state index is 6.54. The summed E-state index contributed by atoms with van der Waals surface area (Å²) in [7, 11) is 1.73. The fourth-order valence-electron chi connectivity index (χ4n) is 6.05. The molecule has 2 aromatic rings. The van der Waals surface area contributed by atoms with Crippen molar-refractivity contribution in [2.45, 2.75) is 65.2 Å². The molecule has 0 aromatic carbocycles. The largest absolute Gasteiger partial charge is 0.493 e. The number of rotatable bonds is 4. The van der Waals surface area contributed by atoms with Crippen LogP contribution in [0.2, 0.25) is 5.02 Å². The van der Waals surface area contributed by atoms with Crippen LogP contribution >= 0.6 is 11.6 Å². The third-order valence-electron chi connectivity index (χ3n) is 7.49. The first-order valence-corrected chi connectivity index (χ1v) is 12.6. The molecule has 0 saturated carbocycles. The molecule has 4 heteroatoms. The van der Waals surface area contributed by atoms with E-state index in [-0.39, 0.29) is 0 Å². The predicted octanol–water partition coefficient (Wildman–Crippen LogP) is 8.59. The van der Waals surface area contributed by atoms with Crippen LogP contribution in [0.4, 0.5) is 0 Å². The van der Waals surface area contributed by atoms with Crippen molar-refractivity contribution in [3.63, 3.8) is 0 Å². The van der Waals surface area contributed by atoms with Gasteiger partial charge < -0.3 is 14.1 Å². The molecule has 0 radical (unpaired) electrons. The highest BCUT2D eigenvalue weighted by atomic mass is 35.5. The molecule has 2 heterocycles. The number of halogens is 1. The lowest BCUT2D eigenvalue weighted by Crippen LogP contribution is -2.18. The third kappa shape index (κ3) is 3.79. The van der Waals surface area contributed by atoms with Crippen LogP contribution in [0.1, 0.15) is 71.0 Å². The van der Waals surface area contributed by atoms with Gasteiger partial charge in [0.15, 0.2) is 17.3 Å². The average Bonchev–Trinajstić information content (AvgIpc) is 3.51. The van der Waals surface area contributed by atoms with Crippen LogP contribution in [-0.2, 0) is 0 Å². The number of ether oxygens (including phenoxy) is 1. The summed E-state index contributed by atoms with van der Waals surface area (Å²) in [6, 6.07) is 3.84. The number of fused-ring (bicyclic) bond motifs is 7. The highest BCUT2D eigenvalue weighted by Gasteiger charge is 2.43. The molecule has 4 aliphatic rings. The van der Waals surface area contributed by atoms with Crippen molar-refractivity contribution in [2.24, 2.45) is 17.8 Å². The molecule has 2 aromatic heterocycles. The van der Waals surface area contributed by atoms with Gasteiger partial charge in [0.1, 0.15) is 5.69 Å². The summed E-state index contributed by atoms with van der Waals surface area (Å²) in [6.45, 7) is 4.75. The summed E-state index contributed by atoms with van der Waals surface area (Å²) in [6.07, 6.45) is 17.1. The number of methoxy groups -OCH3 is 1. The Bertz CT molecular complexity index is 1080. The van der Waals surface area contributed by atoms with E-state index in [2.05, 4.69) is 31.0 Å². The number of aromatic amines is 1. The smallest absolute Gasteiger partial charge is 0.173 e. The van der Waals surface area contributed by atoms with Gasteiger partial charge in [-0.3, -0.25) is 0 Å². The van der Waals surface area contributed by atoms with Gasteiger partial charge in [-0.2, -0.15) is 0 Å². The minimum Gasteiger partial charge on any atom is -0.493 e. The molecule has 32 heavy (non-hydrogen) atoms. The highest BCUT2D eigenvalue weighted by Crippen LogP contribution is 2.56. The molecule has 0 aliphatic heterocycles. The quantitative estimate of drug-likeness (QED) is 0.505. The summed E-state index contributed by atoms with van der Waals surface area (Å²) >= 11 is 6.40. The minimum absolute atomic E-state index is 0.460. The Morgan fingerprint density at radius 2 is 1.88 bits per heavy atom. The van der Waals surface area contributed by atoms with E-state index < -0.39 is 0 Å². The van der Waals surface area contributed by atoms with Gasteiger partial charge in [0, 0.05) is 17.8 Å². The molecule has 0 unspecified atom stereocenters. The first-order chi connectivity index (χ1) is 15.6. The zero-order chi connectivity index (χ0) is 22.2. The normalized spacial score (nSPS) is 23.8. The van der Waals surface area contributed by atoms with Gasteiger partial charge in [-0.15, -0.1) is 0 Å². The molecule has 0 saturated heterocycles. The Balaban J connectivity index is 1.65. The number of aromatic nitrogens is 1. The summed E-state index contributed by atoms with van der Waals surface area (Å²) in [5.74, 6) is 3.98. The summed E-state index contributed by atoms with van der Waals surface area (Å²) in [5, 5.41) is 0.663. The molecule has 0 amide bonds. The molecule has 6 rings (SSSR count). The van der Waals surface area contributed by atoms with E-state index in [0.717, 1.165) is 23.0 Å². The molecule has 2 atom stereocenters. The SMILES string of the molecule is COc1cc(-c2[nH]ccc2Cl)oc1C1=C2C=C3C=C2[C@H](C(C)C)[C@H]1CCCCCCCC3. The average molecular weight is 452 g/mol. The van der Waals surface area contributed by atoms with Crippen LogP contribution < -0.4 is 4.74 Å². The predicted molar refractivity (Wildman–Crippen MR) is 132 cm³/mol. The van der Waals surface area contributed by atoms with Crippen LogP contribution in [0.5, 0.6) is 5.75 Å². The topological polar surface area (TPSA) is 38.2 Å². The molecule has 0 spiro atoms. The molecular formula is C28H34ClNO2. The molecule has 1 N–H and O–H groups in total. The molecule has 3 nitrogen and oxygen atoms in total. The van der Waals surface area contributed by atoms with Crippen molar-refractivity contribution in [3.05, 3.63) is 58.0 Å². The fourth-order valence-corrected chi connectivity index (χ4v) is 6.26. The van der Waals surface area contributed by atoms with Crippen molar-refractivity contribution < 1.29 is 9.15 Å². The van der Waals surface area contributed by atoms with Gasteiger partial charge in [0.05, 0.1) is 12.1 Å². The van der Waals surface area contributed by atoms with Crippen LogP contribution in [0, 0.1) is 17.8 Å². The Morgan fingerprint density at radius 1 is 1.09 bits per heavy atom. The van der Waals surface area contributed by atoms with Crippen molar-refractivity contribution >= 4 is 17.2 Å². The van der Waals surface area contributed by atoms with E-state index in [9.17, 15) is 0 Å². The first kappa shape index (κ1) is 21.7. The number of H-pyrrole nitrogens is 1. The second kappa shape index (κ2) is 9.02. The van der Waals surface area contributed by atoms with Crippen molar-refractivity contribution in [2.75, 3.05) is 7.11 Å². The lowest BCUT2D eigenvalue weighted by molar-refractivity contribution is 0.341. The van der Waals surface area contributed by atoms with Crippen molar-refractivity contribution in [3.8, 4) is 17.2 Å². The zero-order valence-electron chi connectivity index (χ0n) is 19.5. The molecule has 0 fully saturated rings. The number of furan rings is 1. The van der Waals surface area contributed by atoms with Crippen LogP contribution in [-0.4, -0.2) is 12.1 Å². The van der Waals surface area contributed by atoms with Gasteiger partial charge in [0.25, 0.3) is 0 Å². The first-order valence-electron chi connectivity index (χ1n) is 12.3. The third-order valence-corrected chi connectivity index (χ3v) is 7.80. The number of hydrogen-bond donors (Lipinski definition) is 1. The number of nitrogens with one attached hydrogen (secondary N) is 1. The second-order valence-corrected chi connectivity index (χ2v) is 10.3. The molecule has 4 aliphatic carbocycles. The number of hydrogen-bond acceptors (Lipinski definition) is 2. The van der Waals surface area contributed by atoms with E-state index in [1.165, 1.54) is 73.7 Å². The van der Waals surface area contributed by atoms with E-state index in [1.807, 2.05) is 18.3 Å². The standard InChI is InChI=1S/C28H34ClNO2/c1-17(2)25-19-11-9-7-5-4-6-8-10-18-14-20(25)21(15-18)26(19)28-24(31-3)16-23(32-28)27-22(29)12-13-30-27/h12-17,19,25,30H,4-11H2,1-3H3/t19-,25-/m1/s1.